The molecule has 0 saturated carbocycles. The average Bonchev–Trinajstić information content (AvgIpc) is 2.94. The maximum absolute atomic E-state index is 5.96. The van der Waals surface area contributed by atoms with E-state index in [1.807, 2.05) is 6.07 Å². The van der Waals surface area contributed by atoms with Gasteiger partial charge in [0, 0.05) is 26.0 Å². The van der Waals surface area contributed by atoms with Gasteiger partial charge < -0.3 is 10.3 Å². The number of piperidine rings is 1. The van der Waals surface area contributed by atoms with Crippen molar-refractivity contribution in [3.05, 3.63) is 48.2 Å². The van der Waals surface area contributed by atoms with Crippen LogP contribution in [-0.4, -0.2) is 37.5 Å². The van der Waals surface area contributed by atoms with E-state index in [-0.39, 0.29) is 0 Å². The predicted octanol–water partition coefficient (Wildman–Crippen LogP) is 2.40. The van der Waals surface area contributed by atoms with E-state index in [4.69, 9.17) is 10.7 Å². The molecular formula is C19H24N6. The van der Waals surface area contributed by atoms with Gasteiger partial charge in [-0.2, -0.15) is 0 Å². The molecule has 1 saturated heterocycles. The summed E-state index contributed by atoms with van der Waals surface area (Å²) in [4.78, 5) is 15.9. The van der Waals surface area contributed by atoms with Gasteiger partial charge in [-0.05, 0) is 43.9 Å². The van der Waals surface area contributed by atoms with Gasteiger partial charge >= 0.3 is 0 Å². The summed E-state index contributed by atoms with van der Waals surface area (Å²) in [6.45, 7) is 3.06. The van der Waals surface area contributed by atoms with Crippen molar-refractivity contribution >= 4 is 16.9 Å². The molecule has 6 nitrogen and oxygen atoms in total. The Morgan fingerprint density at radius 3 is 2.88 bits per heavy atom. The highest BCUT2D eigenvalue weighted by atomic mass is 15.2. The Morgan fingerprint density at radius 1 is 1.20 bits per heavy atom. The van der Waals surface area contributed by atoms with Crippen LogP contribution in [0.1, 0.15) is 24.4 Å². The number of aromatic nitrogens is 4. The molecule has 25 heavy (non-hydrogen) atoms. The van der Waals surface area contributed by atoms with Crippen LogP contribution in [0.5, 0.6) is 0 Å². The summed E-state index contributed by atoms with van der Waals surface area (Å²) in [5, 5.41) is 0. The molecule has 1 fully saturated rings. The van der Waals surface area contributed by atoms with Crippen LogP contribution in [0, 0.1) is 5.92 Å². The van der Waals surface area contributed by atoms with Crippen molar-refractivity contribution < 1.29 is 0 Å². The Balaban J connectivity index is 1.46. The van der Waals surface area contributed by atoms with Crippen molar-refractivity contribution in [3.8, 4) is 0 Å². The number of fused-ring (bicyclic) bond motifs is 1. The van der Waals surface area contributed by atoms with Crippen LogP contribution < -0.4 is 5.73 Å². The molecule has 2 N–H and O–H groups in total. The van der Waals surface area contributed by atoms with E-state index in [2.05, 4.69) is 44.7 Å². The van der Waals surface area contributed by atoms with Crippen molar-refractivity contribution in [2.24, 2.45) is 13.0 Å². The minimum Gasteiger partial charge on any atom is -0.382 e. The number of aryl methyl sites for hydroxylation is 1. The standard InChI is InChI=1S/C19H24N6/c1-24-17-7-3-2-6-15(17)23-18(24)13-25-10-4-5-14(12-25)11-16-19(20)22-9-8-21-16/h2-3,6-9,14H,4-5,10-13H2,1H3,(H2,20,22)/t14-/m1/s1. The van der Waals surface area contributed by atoms with Crippen LogP contribution in [-0.2, 0) is 20.0 Å². The summed E-state index contributed by atoms with van der Waals surface area (Å²) in [5.74, 6) is 2.26. The van der Waals surface area contributed by atoms with E-state index in [9.17, 15) is 0 Å². The van der Waals surface area contributed by atoms with Gasteiger partial charge in [-0.3, -0.25) is 9.88 Å². The Kier molecular flexibility index (Phi) is 4.36. The summed E-state index contributed by atoms with van der Waals surface area (Å²) in [5.41, 5.74) is 9.15. The summed E-state index contributed by atoms with van der Waals surface area (Å²) < 4.78 is 2.21. The van der Waals surface area contributed by atoms with Crippen LogP contribution >= 0.6 is 0 Å². The number of likely N-dealkylation sites (tertiary alicyclic amines) is 1. The summed E-state index contributed by atoms with van der Waals surface area (Å²) in [7, 11) is 2.10. The summed E-state index contributed by atoms with van der Waals surface area (Å²) in [6, 6.07) is 8.31. The SMILES string of the molecule is Cn1c(CN2CCC[C@H](Cc3nccnc3N)C2)nc2ccccc21. The smallest absolute Gasteiger partial charge is 0.145 e. The molecule has 3 heterocycles. The molecule has 1 aliphatic heterocycles. The van der Waals surface area contributed by atoms with E-state index in [1.54, 1.807) is 12.4 Å². The molecule has 0 spiro atoms. The van der Waals surface area contributed by atoms with Gasteiger partial charge in [-0.15, -0.1) is 0 Å². The van der Waals surface area contributed by atoms with Crippen LogP contribution in [0.15, 0.2) is 36.7 Å². The lowest BCUT2D eigenvalue weighted by molar-refractivity contribution is 0.162. The highest BCUT2D eigenvalue weighted by molar-refractivity contribution is 5.75. The number of hydrogen-bond donors (Lipinski definition) is 1. The average molecular weight is 336 g/mol. The molecule has 3 aromatic rings. The molecule has 2 aromatic heterocycles. The highest BCUT2D eigenvalue weighted by Gasteiger charge is 2.23. The highest BCUT2D eigenvalue weighted by Crippen LogP contribution is 2.23. The molecule has 130 valence electrons. The zero-order valence-electron chi connectivity index (χ0n) is 14.6. The molecule has 0 unspecified atom stereocenters. The molecule has 4 rings (SSSR count). The number of para-hydroxylation sites is 2. The van der Waals surface area contributed by atoms with Gasteiger partial charge in [0.25, 0.3) is 0 Å². The molecule has 0 bridgehead atoms. The minimum absolute atomic E-state index is 0.565. The van der Waals surface area contributed by atoms with Crippen molar-refractivity contribution in [2.45, 2.75) is 25.8 Å². The third-order valence-corrected chi connectivity index (χ3v) is 5.14. The Hall–Kier alpha value is -2.47. The first-order valence-electron chi connectivity index (χ1n) is 8.89. The second kappa shape index (κ2) is 6.80. The lowest BCUT2D eigenvalue weighted by Crippen LogP contribution is -2.36. The maximum atomic E-state index is 5.96. The van der Waals surface area contributed by atoms with Gasteiger partial charge in [0.2, 0.25) is 0 Å². The van der Waals surface area contributed by atoms with Crippen LogP contribution in [0.3, 0.4) is 0 Å². The lowest BCUT2D eigenvalue weighted by atomic mass is 9.93. The largest absolute Gasteiger partial charge is 0.382 e. The van der Waals surface area contributed by atoms with E-state index in [0.717, 1.165) is 43.1 Å². The minimum atomic E-state index is 0.565. The van der Waals surface area contributed by atoms with Gasteiger partial charge in [0.1, 0.15) is 11.6 Å². The number of nitrogen functional groups attached to an aromatic ring is 1. The predicted molar refractivity (Wildman–Crippen MR) is 98.9 cm³/mol. The number of anilines is 1. The first-order valence-corrected chi connectivity index (χ1v) is 8.89. The van der Waals surface area contributed by atoms with E-state index < -0.39 is 0 Å². The number of benzene rings is 1. The van der Waals surface area contributed by atoms with Crippen LogP contribution in [0.25, 0.3) is 11.0 Å². The molecule has 1 aliphatic rings. The Labute approximate surface area is 147 Å². The normalized spacial score (nSPS) is 18.7. The maximum Gasteiger partial charge on any atom is 0.145 e. The second-order valence-corrected chi connectivity index (χ2v) is 6.91. The van der Waals surface area contributed by atoms with Gasteiger partial charge in [-0.1, -0.05) is 12.1 Å². The Bertz CT molecular complexity index is 871. The third-order valence-electron chi connectivity index (χ3n) is 5.14. The fourth-order valence-electron chi connectivity index (χ4n) is 3.81. The van der Waals surface area contributed by atoms with Crippen molar-refractivity contribution in [1.29, 1.82) is 0 Å². The monoisotopic (exact) mass is 336 g/mol. The second-order valence-electron chi connectivity index (χ2n) is 6.91. The van der Waals surface area contributed by atoms with Crippen LogP contribution in [0.2, 0.25) is 0 Å². The zero-order valence-corrected chi connectivity index (χ0v) is 14.6. The molecule has 1 atom stereocenters. The number of nitrogens with zero attached hydrogens (tertiary/aromatic N) is 5. The fourth-order valence-corrected chi connectivity index (χ4v) is 3.81. The number of hydrogen-bond acceptors (Lipinski definition) is 5. The van der Waals surface area contributed by atoms with E-state index in [1.165, 1.54) is 18.4 Å². The molecule has 0 radical (unpaired) electrons. The van der Waals surface area contributed by atoms with Gasteiger partial charge in [-0.25, -0.2) is 9.97 Å². The number of imidazole rings is 1. The molecule has 0 aliphatic carbocycles. The first-order chi connectivity index (χ1) is 12.2. The molecular weight excluding hydrogens is 312 g/mol. The quantitative estimate of drug-likeness (QED) is 0.792. The molecule has 0 amide bonds. The first kappa shape index (κ1) is 16.0. The van der Waals surface area contributed by atoms with Crippen molar-refractivity contribution in [1.82, 2.24) is 24.4 Å². The van der Waals surface area contributed by atoms with Gasteiger partial charge in [0.15, 0.2) is 0 Å². The molecule has 6 heteroatoms. The number of nitrogens with two attached hydrogens (primary N) is 1. The summed E-state index contributed by atoms with van der Waals surface area (Å²) in [6.07, 6.45) is 6.70. The lowest BCUT2D eigenvalue weighted by Gasteiger charge is -2.32. The fraction of sp³-hybridized carbons (Fsp3) is 0.421. The van der Waals surface area contributed by atoms with E-state index in [0.29, 0.717) is 11.7 Å². The van der Waals surface area contributed by atoms with Gasteiger partial charge in [0.05, 0.1) is 23.3 Å². The van der Waals surface area contributed by atoms with E-state index >= 15 is 0 Å². The van der Waals surface area contributed by atoms with Crippen LogP contribution in [0.4, 0.5) is 5.82 Å². The van der Waals surface area contributed by atoms with Crippen molar-refractivity contribution in [2.75, 3.05) is 18.8 Å². The number of rotatable bonds is 4. The third kappa shape index (κ3) is 3.35. The van der Waals surface area contributed by atoms with Crippen molar-refractivity contribution in [3.63, 3.8) is 0 Å². The topological polar surface area (TPSA) is 72.9 Å². The Morgan fingerprint density at radius 2 is 2.04 bits per heavy atom. The summed E-state index contributed by atoms with van der Waals surface area (Å²) >= 11 is 0. The zero-order chi connectivity index (χ0) is 17.2. The molecule has 1 aromatic carbocycles.